The van der Waals surface area contributed by atoms with Crippen molar-refractivity contribution >= 4 is 5.91 Å². The highest BCUT2D eigenvalue weighted by Crippen LogP contribution is 2.50. The zero-order valence-electron chi connectivity index (χ0n) is 16.6. The molecule has 3 fully saturated rings. The van der Waals surface area contributed by atoms with Gasteiger partial charge in [0, 0.05) is 63.8 Å². The Labute approximate surface area is 166 Å². The second kappa shape index (κ2) is 6.99. The maximum absolute atomic E-state index is 13.8. The molecule has 1 saturated carbocycles. The normalized spacial score (nSPS) is 28.4. The number of aryl methyl sites for hydroxylation is 1. The van der Waals surface area contributed by atoms with Gasteiger partial charge in [0.25, 0.3) is 0 Å². The molecule has 28 heavy (non-hydrogen) atoms. The standard InChI is InChI=1S/C22H29N5O/c1-25-20(8-11-24-25)19-15-26(14-18-5-2-3-10-23-18)16-22(19)9-4-12-27(21(22)28)13-17-6-7-17/h2-3,5,8,10-11,17,19H,4,6-7,9,12-16H2,1H3/t19-,22+/m0/s1. The highest BCUT2D eigenvalue weighted by molar-refractivity contribution is 5.85. The van der Waals surface area contributed by atoms with Crippen LogP contribution in [-0.4, -0.2) is 56.7 Å². The Bertz CT molecular complexity index is 846. The Morgan fingerprint density at radius 3 is 2.82 bits per heavy atom. The molecular weight excluding hydrogens is 350 g/mol. The fourth-order valence-corrected chi connectivity index (χ4v) is 5.32. The summed E-state index contributed by atoms with van der Waals surface area (Å²) in [4.78, 5) is 22.9. The van der Waals surface area contributed by atoms with Crippen molar-refractivity contribution in [3.05, 3.63) is 48.0 Å². The fraction of sp³-hybridized carbons (Fsp3) is 0.591. The number of carbonyl (C=O) groups is 1. The van der Waals surface area contributed by atoms with E-state index in [1.165, 1.54) is 18.5 Å². The molecule has 5 rings (SSSR count). The van der Waals surface area contributed by atoms with E-state index < -0.39 is 0 Å². The molecule has 6 nitrogen and oxygen atoms in total. The average molecular weight is 380 g/mol. The molecule has 2 aromatic heterocycles. The average Bonchev–Trinajstić information content (AvgIpc) is 3.31. The minimum absolute atomic E-state index is 0.193. The molecule has 0 bridgehead atoms. The molecule has 3 aliphatic rings. The summed E-state index contributed by atoms with van der Waals surface area (Å²) in [6, 6.07) is 8.17. The highest BCUT2D eigenvalue weighted by Gasteiger charge is 2.56. The van der Waals surface area contributed by atoms with Gasteiger partial charge < -0.3 is 4.90 Å². The molecule has 1 aliphatic carbocycles. The van der Waals surface area contributed by atoms with Gasteiger partial charge in [0.1, 0.15) is 0 Å². The first-order valence-corrected chi connectivity index (χ1v) is 10.6. The van der Waals surface area contributed by atoms with Gasteiger partial charge in [-0.05, 0) is 49.8 Å². The molecule has 0 unspecified atom stereocenters. The number of rotatable bonds is 5. The van der Waals surface area contributed by atoms with Crippen molar-refractivity contribution < 1.29 is 4.79 Å². The first-order valence-electron chi connectivity index (χ1n) is 10.6. The van der Waals surface area contributed by atoms with Crippen LogP contribution in [-0.2, 0) is 18.4 Å². The molecule has 4 heterocycles. The van der Waals surface area contributed by atoms with Gasteiger partial charge in [0.2, 0.25) is 5.91 Å². The largest absolute Gasteiger partial charge is 0.342 e. The SMILES string of the molecule is Cn1nccc1[C@@H]1CN(Cc2ccccn2)C[C@]12CCCN(CC1CC1)C2=O. The number of aromatic nitrogens is 3. The Hall–Kier alpha value is -2.21. The minimum atomic E-state index is -0.324. The van der Waals surface area contributed by atoms with Crippen LogP contribution in [0.4, 0.5) is 0 Å². The van der Waals surface area contributed by atoms with Crippen molar-refractivity contribution in [3.8, 4) is 0 Å². The van der Waals surface area contributed by atoms with E-state index in [2.05, 4.69) is 32.0 Å². The van der Waals surface area contributed by atoms with Crippen LogP contribution in [0.15, 0.2) is 36.7 Å². The predicted molar refractivity (Wildman–Crippen MR) is 106 cm³/mol. The molecule has 0 aromatic carbocycles. The Balaban J connectivity index is 1.45. The Kier molecular flexibility index (Phi) is 4.46. The predicted octanol–water partition coefficient (Wildman–Crippen LogP) is 2.43. The van der Waals surface area contributed by atoms with Crippen LogP contribution in [0.3, 0.4) is 0 Å². The van der Waals surface area contributed by atoms with Crippen molar-refractivity contribution in [1.29, 1.82) is 0 Å². The lowest BCUT2D eigenvalue weighted by Crippen LogP contribution is -2.52. The van der Waals surface area contributed by atoms with Crippen LogP contribution >= 0.6 is 0 Å². The van der Waals surface area contributed by atoms with E-state index in [1.807, 2.05) is 36.3 Å². The molecule has 1 amide bonds. The number of hydrogen-bond acceptors (Lipinski definition) is 4. The third-order valence-corrected chi connectivity index (χ3v) is 6.88. The monoisotopic (exact) mass is 379 g/mol. The van der Waals surface area contributed by atoms with Crippen LogP contribution in [0, 0.1) is 11.3 Å². The van der Waals surface area contributed by atoms with Gasteiger partial charge >= 0.3 is 0 Å². The molecule has 2 aliphatic heterocycles. The van der Waals surface area contributed by atoms with Crippen LogP contribution < -0.4 is 0 Å². The van der Waals surface area contributed by atoms with E-state index in [0.29, 0.717) is 5.91 Å². The molecule has 6 heteroatoms. The van der Waals surface area contributed by atoms with E-state index in [-0.39, 0.29) is 11.3 Å². The molecule has 2 atom stereocenters. The summed E-state index contributed by atoms with van der Waals surface area (Å²) >= 11 is 0. The van der Waals surface area contributed by atoms with Crippen molar-refractivity contribution in [2.45, 2.75) is 38.1 Å². The molecule has 2 aromatic rings. The Morgan fingerprint density at radius 1 is 1.21 bits per heavy atom. The smallest absolute Gasteiger partial charge is 0.230 e. The first kappa shape index (κ1) is 17.9. The maximum atomic E-state index is 13.8. The number of likely N-dealkylation sites (tertiary alicyclic amines) is 2. The second-order valence-corrected chi connectivity index (χ2v) is 8.88. The first-order chi connectivity index (χ1) is 13.7. The second-order valence-electron chi connectivity index (χ2n) is 8.88. The molecule has 2 saturated heterocycles. The zero-order valence-corrected chi connectivity index (χ0v) is 16.6. The van der Waals surface area contributed by atoms with Crippen molar-refractivity contribution in [2.75, 3.05) is 26.2 Å². The van der Waals surface area contributed by atoms with E-state index in [0.717, 1.165) is 57.2 Å². The number of pyridine rings is 1. The van der Waals surface area contributed by atoms with E-state index in [1.54, 1.807) is 0 Å². The summed E-state index contributed by atoms with van der Waals surface area (Å²) < 4.78 is 1.96. The van der Waals surface area contributed by atoms with Crippen molar-refractivity contribution in [1.82, 2.24) is 24.6 Å². The van der Waals surface area contributed by atoms with E-state index in [9.17, 15) is 4.79 Å². The quantitative estimate of drug-likeness (QED) is 0.801. The maximum Gasteiger partial charge on any atom is 0.230 e. The molecule has 1 spiro atoms. The van der Waals surface area contributed by atoms with Crippen molar-refractivity contribution in [3.63, 3.8) is 0 Å². The topological polar surface area (TPSA) is 54.3 Å². The third kappa shape index (κ3) is 3.13. The van der Waals surface area contributed by atoms with Gasteiger partial charge in [-0.1, -0.05) is 6.07 Å². The Morgan fingerprint density at radius 2 is 2.11 bits per heavy atom. The lowest BCUT2D eigenvalue weighted by Gasteiger charge is -2.42. The molecule has 148 valence electrons. The number of piperidine rings is 1. The summed E-state index contributed by atoms with van der Waals surface area (Å²) in [6.07, 6.45) is 8.36. The summed E-state index contributed by atoms with van der Waals surface area (Å²) in [6.45, 7) is 4.39. The van der Waals surface area contributed by atoms with Crippen LogP contribution in [0.25, 0.3) is 0 Å². The van der Waals surface area contributed by atoms with Crippen LogP contribution in [0.2, 0.25) is 0 Å². The van der Waals surface area contributed by atoms with Gasteiger partial charge in [0.05, 0.1) is 11.1 Å². The van der Waals surface area contributed by atoms with E-state index in [4.69, 9.17) is 0 Å². The van der Waals surface area contributed by atoms with E-state index >= 15 is 0 Å². The van der Waals surface area contributed by atoms with Crippen molar-refractivity contribution in [2.24, 2.45) is 18.4 Å². The lowest BCUT2D eigenvalue weighted by atomic mass is 9.70. The summed E-state index contributed by atoms with van der Waals surface area (Å²) in [5.74, 6) is 1.30. The van der Waals surface area contributed by atoms with Gasteiger partial charge in [-0.15, -0.1) is 0 Å². The summed E-state index contributed by atoms with van der Waals surface area (Å²) in [7, 11) is 2.00. The van der Waals surface area contributed by atoms with Crippen LogP contribution in [0.1, 0.15) is 43.0 Å². The van der Waals surface area contributed by atoms with Crippen LogP contribution in [0.5, 0.6) is 0 Å². The molecular formula is C22H29N5O. The highest BCUT2D eigenvalue weighted by atomic mass is 16.2. The van der Waals surface area contributed by atoms with Gasteiger partial charge in [-0.3, -0.25) is 19.4 Å². The van der Waals surface area contributed by atoms with Gasteiger partial charge in [0.15, 0.2) is 0 Å². The molecule has 0 radical (unpaired) electrons. The molecule has 0 N–H and O–H groups in total. The summed E-state index contributed by atoms with van der Waals surface area (Å²) in [5.41, 5.74) is 1.93. The fourth-order valence-electron chi connectivity index (χ4n) is 5.32. The minimum Gasteiger partial charge on any atom is -0.342 e. The number of amides is 1. The number of nitrogens with zero attached hydrogens (tertiary/aromatic N) is 5. The number of hydrogen-bond donors (Lipinski definition) is 0. The lowest BCUT2D eigenvalue weighted by molar-refractivity contribution is -0.147. The van der Waals surface area contributed by atoms with Gasteiger partial charge in [-0.25, -0.2) is 0 Å². The number of carbonyl (C=O) groups excluding carboxylic acids is 1. The zero-order chi connectivity index (χ0) is 19.1. The summed E-state index contributed by atoms with van der Waals surface area (Å²) in [5, 5.41) is 4.41. The van der Waals surface area contributed by atoms with Gasteiger partial charge in [-0.2, -0.15) is 5.10 Å². The third-order valence-electron chi connectivity index (χ3n) is 6.88.